The van der Waals surface area contributed by atoms with E-state index in [1.807, 2.05) is 0 Å². The minimum absolute atomic E-state index is 0.0336. The molecule has 18 heavy (non-hydrogen) atoms. The van der Waals surface area contributed by atoms with Crippen LogP contribution in [-0.2, 0) is 9.53 Å². The highest BCUT2D eigenvalue weighted by Gasteiger charge is 2.33. The van der Waals surface area contributed by atoms with E-state index in [9.17, 15) is 9.18 Å². The van der Waals surface area contributed by atoms with Crippen molar-refractivity contribution < 1.29 is 13.9 Å². The van der Waals surface area contributed by atoms with Crippen LogP contribution in [0.4, 0.5) is 10.2 Å². The summed E-state index contributed by atoms with van der Waals surface area (Å²) in [6, 6.07) is 0.179. The van der Waals surface area contributed by atoms with E-state index in [2.05, 4.69) is 9.97 Å². The molecule has 0 aromatic carbocycles. The third-order valence-corrected chi connectivity index (χ3v) is 2.81. The van der Waals surface area contributed by atoms with Crippen molar-refractivity contribution in [3.8, 4) is 0 Å². The van der Waals surface area contributed by atoms with Gasteiger partial charge >= 0.3 is 5.97 Å². The molecule has 1 heterocycles. The molecular weight excluding hydrogens is 237 g/mol. The highest BCUT2D eigenvalue weighted by Crippen LogP contribution is 2.31. The quantitative estimate of drug-likeness (QED) is 0.743. The third-order valence-electron chi connectivity index (χ3n) is 2.81. The summed E-state index contributed by atoms with van der Waals surface area (Å²) in [6.07, 6.45) is 3.21. The zero-order valence-corrected chi connectivity index (χ0v) is 10.5. The molecule has 0 saturated heterocycles. The lowest BCUT2D eigenvalue weighted by Gasteiger charge is -2.22. The highest BCUT2D eigenvalue weighted by atomic mass is 19.1. The molecule has 1 fully saturated rings. The molecular formula is C12H16FN3O2. The number of anilines is 1. The summed E-state index contributed by atoms with van der Waals surface area (Å²) >= 11 is 0. The van der Waals surface area contributed by atoms with Gasteiger partial charge < -0.3 is 9.64 Å². The van der Waals surface area contributed by atoms with Gasteiger partial charge in [-0.3, -0.25) is 4.79 Å². The molecule has 0 amide bonds. The third kappa shape index (κ3) is 2.75. The second kappa shape index (κ2) is 5.29. The molecule has 0 radical (unpaired) electrons. The van der Waals surface area contributed by atoms with Crippen molar-refractivity contribution in [1.82, 2.24) is 9.97 Å². The van der Waals surface area contributed by atoms with E-state index in [-0.39, 0.29) is 30.1 Å². The van der Waals surface area contributed by atoms with Crippen molar-refractivity contribution in [1.29, 1.82) is 0 Å². The Labute approximate surface area is 105 Å². The van der Waals surface area contributed by atoms with Crippen LogP contribution in [0.15, 0.2) is 6.33 Å². The van der Waals surface area contributed by atoms with E-state index in [1.54, 1.807) is 18.7 Å². The lowest BCUT2D eigenvalue weighted by Crippen LogP contribution is -2.34. The maximum absolute atomic E-state index is 14.0. The zero-order chi connectivity index (χ0) is 13.1. The van der Waals surface area contributed by atoms with Crippen LogP contribution in [0.25, 0.3) is 0 Å². The van der Waals surface area contributed by atoms with Crippen molar-refractivity contribution in [3.05, 3.63) is 17.8 Å². The number of rotatable bonds is 5. The predicted octanol–water partition coefficient (Wildman–Crippen LogP) is 1.46. The summed E-state index contributed by atoms with van der Waals surface area (Å²) in [5.74, 6) is -0.633. The molecule has 1 aromatic heterocycles. The minimum atomic E-state index is -0.464. The number of carbonyl (C=O) groups is 1. The van der Waals surface area contributed by atoms with E-state index in [0.29, 0.717) is 6.61 Å². The van der Waals surface area contributed by atoms with Crippen molar-refractivity contribution in [2.75, 3.05) is 18.1 Å². The van der Waals surface area contributed by atoms with Crippen LogP contribution in [0.1, 0.15) is 25.5 Å². The fraction of sp³-hybridized carbons (Fsp3) is 0.583. The summed E-state index contributed by atoms with van der Waals surface area (Å²) in [5, 5.41) is 0. The summed E-state index contributed by atoms with van der Waals surface area (Å²) in [6.45, 7) is 3.68. The first-order chi connectivity index (χ1) is 8.63. The van der Waals surface area contributed by atoms with Crippen molar-refractivity contribution in [3.63, 3.8) is 0 Å². The fourth-order valence-corrected chi connectivity index (χ4v) is 1.75. The molecule has 1 aromatic rings. The molecule has 0 unspecified atom stereocenters. The highest BCUT2D eigenvalue weighted by molar-refractivity contribution is 5.75. The average Bonchev–Trinajstić information content (AvgIpc) is 3.15. The maximum atomic E-state index is 14.0. The number of carbonyl (C=O) groups excluding carboxylic acids is 1. The topological polar surface area (TPSA) is 55.3 Å². The molecule has 0 spiro atoms. The van der Waals surface area contributed by atoms with E-state index in [4.69, 9.17) is 4.74 Å². The van der Waals surface area contributed by atoms with Crippen LogP contribution in [0.5, 0.6) is 0 Å². The van der Waals surface area contributed by atoms with Crippen LogP contribution < -0.4 is 4.90 Å². The van der Waals surface area contributed by atoms with Gasteiger partial charge in [-0.2, -0.15) is 0 Å². The number of aromatic nitrogens is 2. The van der Waals surface area contributed by atoms with Crippen LogP contribution >= 0.6 is 0 Å². The van der Waals surface area contributed by atoms with Gasteiger partial charge in [0.2, 0.25) is 0 Å². The van der Waals surface area contributed by atoms with Crippen molar-refractivity contribution >= 4 is 11.8 Å². The molecule has 0 aliphatic heterocycles. The molecule has 0 atom stereocenters. The molecule has 2 rings (SSSR count). The number of esters is 1. The molecule has 5 nitrogen and oxygen atoms in total. The number of ether oxygens (including phenoxy) is 1. The largest absolute Gasteiger partial charge is 0.465 e. The predicted molar refractivity (Wildman–Crippen MR) is 63.7 cm³/mol. The number of hydrogen-bond donors (Lipinski definition) is 0. The standard InChI is InChI=1S/C12H16FN3O2/c1-3-18-10(17)6-16(9-4-5-9)12-11(13)8(2)14-7-15-12/h7,9H,3-6H2,1-2H3. The van der Waals surface area contributed by atoms with E-state index < -0.39 is 5.82 Å². The zero-order valence-electron chi connectivity index (χ0n) is 10.5. The van der Waals surface area contributed by atoms with Crippen molar-refractivity contribution in [2.24, 2.45) is 0 Å². The number of aryl methyl sites for hydroxylation is 1. The Morgan fingerprint density at radius 3 is 2.89 bits per heavy atom. The smallest absolute Gasteiger partial charge is 0.325 e. The molecule has 0 N–H and O–H groups in total. The summed E-state index contributed by atoms with van der Waals surface area (Å²) in [4.78, 5) is 20.9. The van der Waals surface area contributed by atoms with Gasteiger partial charge in [0.15, 0.2) is 11.6 Å². The lowest BCUT2D eigenvalue weighted by molar-refractivity contribution is -0.141. The van der Waals surface area contributed by atoms with Gasteiger partial charge in [-0.15, -0.1) is 0 Å². The normalized spacial score (nSPS) is 14.4. The molecule has 1 saturated carbocycles. The first kappa shape index (κ1) is 12.7. The van der Waals surface area contributed by atoms with E-state index in [1.165, 1.54) is 6.33 Å². The second-order valence-electron chi connectivity index (χ2n) is 4.26. The average molecular weight is 253 g/mol. The summed E-state index contributed by atoms with van der Waals surface area (Å²) in [7, 11) is 0. The lowest BCUT2D eigenvalue weighted by atomic mass is 10.3. The van der Waals surface area contributed by atoms with E-state index >= 15 is 0 Å². The Hall–Kier alpha value is -1.72. The Balaban J connectivity index is 2.19. The molecule has 1 aliphatic rings. The molecule has 6 heteroatoms. The molecule has 1 aliphatic carbocycles. The first-order valence-corrected chi connectivity index (χ1v) is 6.02. The maximum Gasteiger partial charge on any atom is 0.325 e. The fourth-order valence-electron chi connectivity index (χ4n) is 1.75. The number of halogens is 1. The SMILES string of the molecule is CCOC(=O)CN(c1ncnc(C)c1F)C1CC1. The van der Waals surface area contributed by atoms with E-state index in [0.717, 1.165) is 12.8 Å². The van der Waals surface area contributed by atoms with Crippen LogP contribution in [0, 0.1) is 12.7 Å². The van der Waals surface area contributed by atoms with Gasteiger partial charge in [-0.1, -0.05) is 0 Å². The van der Waals surface area contributed by atoms with Gasteiger partial charge in [0, 0.05) is 6.04 Å². The minimum Gasteiger partial charge on any atom is -0.465 e. The van der Waals surface area contributed by atoms with Crippen LogP contribution in [0.2, 0.25) is 0 Å². The Kier molecular flexibility index (Phi) is 3.74. The second-order valence-corrected chi connectivity index (χ2v) is 4.26. The number of hydrogen-bond acceptors (Lipinski definition) is 5. The van der Waals surface area contributed by atoms with Crippen LogP contribution in [0.3, 0.4) is 0 Å². The monoisotopic (exact) mass is 253 g/mol. The summed E-state index contributed by atoms with van der Waals surface area (Å²) < 4.78 is 18.9. The van der Waals surface area contributed by atoms with Gasteiger partial charge in [-0.25, -0.2) is 14.4 Å². The Morgan fingerprint density at radius 2 is 2.28 bits per heavy atom. The number of nitrogens with zero attached hydrogens (tertiary/aromatic N) is 3. The Morgan fingerprint density at radius 1 is 1.56 bits per heavy atom. The first-order valence-electron chi connectivity index (χ1n) is 6.02. The van der Waals surface area contributed by atoms with Crippen molar-refractivity contribution in [2.45, 2.75) is 32.7 Å². The van der Waals surface area contributed by atoms with Gasteiger partial charge in [0.25, 0.3) is 0 Å². The molecule has 0 bridgehead atoms. The molecule has 98 valence electrons. The van der Waals surface area contributed by atoms with Crippen LogP contribution in [-0.4, -0.2) is 35.1 Å². The van der Waals surface area contributed by atoms with Gasteiger partial charge in [-0.05, 0) is 26.7 Å². The summed E-state index contributed by atoms with van der Waals surface area (Å²) in [5.41, 5.74) is 0.287. The Bertz CT molecular complexity index is 449. The van der Waals surface area contributed by atoms with Gasteiger partial charge in [0.1, 0.15) is 12.9 Å². The van der Waals surface area contributed by atoms with Gasteiger partial charge in [0.05, 0.1) is 12.3 Å².